The first kappa shape index (κ1) is 17.3. The van der Waals surface area contributed by atoms with E-state index in [1.54, 1.807) is 7.11 Å². The van der Waals surface area contributed by atoms with E-state index in [-0.39, 0.29) is 0 Å². The van der Waals surface area contributed by atoms with Gasteiger partial charge in [0.25, 0.3) is 0 Å². The summed E-state index contributed by atoms with van der Waals surface area (Å²) in [6, 6.07) is 9.11. The van der Waals surface area contributed by atoms with Crippen LogP contribution in [0.4, 0.5) is 0 Å². The second-order valence-corrected chi connectivity index (χ2v) is 7.91. The Morgan fingerprint density at radius 1 is 1.04 bits per heavy atom. The van der Waals surface area contributed by atoms with Gasteiger partial charge in [0.1, 0.15) is 5.75 Å². The molecule has 0 N–H and O–H groups in total. The van der Waals surface area contributed by atoms with E-state index in [0.29, 0.717) is 12.0 Å². The molecule has 0 amide bonds. The Bertz CT molecular complexity index is 557. The van der Waals surface area contributed by atoms with Crippen LogP contribution >= 0.6 is 0 Å². The van der Waals surface area contributed by atoms with Crippen LogP contribution in [0.1, 0.15) is 5.56 Å². The Hall–Kier alpha value is -1.14. The fourth-order valence-corrected chi connectivity index (χ4v) is 4.71. The summed E-state index contributed by atoms with van der Waals surface area (Å²) in [6.45, 7) is 10.0. The summed E-state index contributed by atoms with van der Waals surface area (Å²) in [7, 11) is 3.95. The summed E-state index contributed by atoms with van der Waals surface area (Å²) in [4.78, 5) is 7.74. The van der Waals surface area contributed by atoms with Crippen LogP contribution in [0.5, 0.6) is 5.75 Å². The third-order valence-electron chi connectivity index (χ3n) is 6.25. The van der Waals surface area contributed by atoms with Crippen molar-refractivity contribution in [2.45, 2.75) is 12.6 Å². The zero-order chi connectivity index (χ0) is 17.2. The van der Waals surface area contributed by atoms with Gasteiger partial charge >= 0.3 is 0 Å². The zero-order valence-corrected chi connectivity index (χ0v) is 15.6. The van der Waals surface area contributed by atoms with Gasteiger partial charge in [-0.05, 0) is 30.7 Å². The number of likely N-dealkylation sites (tertiary alicyclic amines) is 1. The molecule has 1 aromatic carbocycles. The molecule has 3 heterocycles. The van der Waals surface area contributed by atoms with Crippen LogP contribution in [0.3, 0.4) is 0 Å². The largest absolute Gasteiger partial charge is 0.497 e. The van der Waals surface area contributed by atoms with Crippen LogP contribution in [0.25, 0.3) is 0 Å². The van der Waals surface area contributed by atoms with E-state index in [1.807, 2.05) is 0 Å². The van der Waals surface area contributed by atoms with Crippen LogP contribution < -0.4 is 4.74 Å². The van der Waals surface area contributed by atoms with Crippen LogP contribution in [0.15, 0.2) is 24.3 Å². The van der Waals surface area contributed by atoms with Gasteiger partial charge in [-0.1, -0.05) is 12.1 Å². The molecule has 3 saturated heterocycles. The molecular weight excluding hydrogens is 314 g/mol. The number of piperazine rings is 1. The van der Waals surface area contributed by atoms with Crippen molar-refractivity contribution in [3.63, 3.8) is 0 Å². The lowest BCUT2D eigenvalue weighted by Crippen LogP contribution is -2.56. The highest BCUT2D eigenvalue weighted by Gasteiger charge is 2.43. The van der Waals surface area contributed by atoms with Crippen molar-refractivity contribution in [3.8, 4) is 5.75 Å². The maximum absolute atomic E-state index is 6.01. The number of rotatable bonds is 4. The maximum atomic E-state index is 6.01. The van der Waals surface area contributed by atoms with Gasteiger partial charge in [-0.15, -0.1) is 0 Å². The SMILES string of the molecule is COc1ccc(CN2C[C@H]3COC[C@@H](N4CCN(C)CC4)[C@H]3C2)cc1. The number of methoxy groups -OCH3 is 1. The zero-order valence-electron chi connectivity index (χ0n) is 15.6. The first-order chi connectivity index (χ1) is 12.2. The summed E-state index contributed by atoms with van der Waals surface area (Å²) in [5.41, 5.74) is 1.37. The Morgan fingerprint density at radius 2 is 1.80 bits per heavy atom. The fraction of sp³-hybridized carbons (Fsp3) is 0.700. The van der Waals surface area contributed by atoms with Gasteiger partial charge in [-0.25, -0.2) is 0 Å². The van der Waals surface area contributed by atoms with Gasteiger partial charge in [0.2, 0.25) is 0 Å². The van der Waals surface area contributed by atoms with Gasteiger partial charge in [0, 0.05) is 57.8 Å². The Balaban J connectivity index is 1.38. The second kappa shape index (κ2) is 7.62. The minimum absolute atomic E-state index is 0.605. The van der Waals surface area contributed by atoms with Crippen molar-refractivity contribution < 1.29 is 9.47 Å². The van der Waals surface area contributed by atoms with E-state index in [2.05, 4.69) is 46.0 Å². The van der Waals surface area contributed by atoms with Crippen molar-refractivity contribution in [3.05, 3.63) is 29.8 Å². The van der Waals surface area contributed by atoms with E-state index >= 15 is 0 Å². The standard InChI is InChI=1S/C20H31N3O2/c1-21-7-9-23(10-8-21)20-15-25-14-17-12-22(13-19(17)20)11-16-3-5-18(24-2)6-4-16/h3-6,17,19-20H,7-15H2,1-2H3/t17-,19-,20+/m0/s1. The molecule has 1 aromatic rings. The highest BCUT2D eigenvalue weighted by molar-refractivity contribution is 5.27. The Labute approximate surface area is 151 Å². The lowest BCUT2D eigenvalue weighted by molar-refractivity contribution is -0.0485. The van der Waals surface area contributed by atoms with Crippen molar-refractivity contribution >= 4 is 0 Å². The fourth-order valence-electron chi connectivity index (χ4n) is 4.71. The average Bonchev–Trinajstić information content (AvgIpc) is 3.05. The molecule has 3 aliphatic heterocycles. The first-order valence-corrected chi connectivity index (χ1v) is 9.58. The molecule has 0 radical (unpaired) electrons. The van der Waals surface area contributed by atoms with Gasteiger partial charge in [0.15, 0.2) is 0 Å². The van der Waals surface area contributed by atoms with Crippen molar-refractivity contribution in [2.24, 2.45) is 11.8 Å². The molecule has 0 spiro atoms. The Morgan fingerprint density at radius 3 is 2.52 bits per heavy atom. The molecule has 0 aromatic heterocycles. The van der Waals surface area contributed by atoms with Crippen molar-refractivity contribution in [1.82, 2.24) is 14.7 Å². The topological polar surface area (TPSA) is 28.2 Å². The quantitative estimate of drug-likeness (QED) is 0.822. The van der Waals surface area contributed by atoms with Crippen molar-refractivity contribution in [2.75, 3.05) is 66.6 Å². The van der Waals surface area contributed by atoms with E-state index < -0.39 is 0 Å². The maximum Gasteiger partial charge on any atom is 0.118 e. The lowest BCUT2D eigenvalue weighted by Gasteiger charge is -2.44. The number of benzene rings is 1. The number of hydrogen-bond donors (Lipinski definition) is 0. The first-order valence-electron chi connectivity index (χ1n) is 9.58. The number of nitrogens with zero attached hydrogens (tertiary/aromatic N) is 3. The molecule has 0 aliphatic carbocycles. The number of hydrogen-bond acceptors (Lipinski definition) is 5. The highest BCUT2D eigenvalue weighted by Crippen LogP contribution is 2.34. The lowest BCUT2D eigenvalue weighted by atomic mass is 9.86. The Kier molecular flexibility index (Phi) is 5.27. The van der Waals surface area contributed by atoms with E-state index in [1.165, 1.54) is 44.8 Å². The van der Waals surface area contributed by atoms with Crippen LogP contribution in [0, 0.1) is 11.8 Å². The monoisotopic (exact) mass is 345 g/mol. The van der Waals surface area contributed by atoms with Gasteiger partial charge < -0.3 is 14.4 Å². The molecule has 5 heteroatoms. The van der Waals surface area contributed by atoms with E-state index in [4.69, 9.17) is 9.47 Å². The van der Waals surface area contributed by atoms with Crippen LogP contribution in [-0.4, -0.2) is 87.4 Å². The molecule has 25 heavy (non-hydrogen) atoms. The van der Waals surface area contributed by atoms with Crippen LogP contribution in [-0.2, 0) is 11.3 Å². The molecule has 3 fully saturated rings. The van der Waals surface area contributed by atoms with E-state index in [9.17, 15) is 0 Å². The molecule has 0 bridgehead atoms. The van der Waals surface area contributed by atoms with Crippen molar-refractivity contribution in [1.29, 1.82) is 0 Å². The molecule has 138 valence electrons. The normalized spacial score (nSPS) is 31.8. The van der Waals surface area contributed by atoms with Gasteiger partial charge in [0.05, 0.1) is 20.3 Å². The number of fused-ring (bicyclic) bond motifs is 1. The summed E-state index contributed by atoms with van der Waals surface area (Å²) in [5.74, 6) is 2.38. The second-order valence-electron chi connectivity index (χ2n) is 7.91. The minimum atomic E-state index is 0.605. The van der Waals surface area contributed by atoms with Gasteiger partial charge in [-0.2, -0.15) is 0 Å². The molecule has 4 rings (SSSR count). The number of ether oxygens (including phenoxy) is 2. The predicted molar refractivity (Wildman–Crippen MR) is 98.9 cm³/mol. The molecule has 3 atom stereocenters. The molecule has 5 nitrogen and oxygen atoms in total. The highest BCUT2D eigenvalue weighted by atomic mass is 16.5. The molecule has 0 unspecified atom stereocenters. The van der Waals surface area contributed by atoms with E-state index in [0.717, 1.165) is 31.4 Å². The third-order valence-corrected chi connectivity index (χ3v) is 6.25. The molecule has 3 aliphatic rings. The predicted octanol–water partition coefficient (Wildman–Crippen LogP) is 1.39. The summed E-state index contributed by atoms with van der Waals surface area (Å²) < 4.78 is 11.3. The average molecular weight is 345 g/mol. The molecule has 0 saturated carbocycles. The summed E-state index contributed by atoms with van der Waals surface area (Å²) in [5, 5.41) is 0. The number of likely N-dealkylation sites (N-methyl/N-ethyl adjacent to an activating group) is 1. The van der Waals surface area contributed by atoms with Gasteiger partial charge in [-0.3, -0.25) is 9.80 Å². The van der Waals surface area contributed by atoms with Crippen LogP contribution in [0.2, 0.25) is 0 Å². The smallest absolute Gasteiger partial charge is 0.118 e. The third kappa shape index (κ3) is 3.85. The summed E-state index contributed by atoms with van der Waals surface area (Å²) >= 11 is 0. The summed E-state index contributed by atoms with van der Waals surface area (Å²) in [6.07, 6.45) is 0. The minimum Gasteiger partial charge on any atom is -0.497 e. The molecular formula is C20H31N3O2.